The van der Waals surface area contributed by atoms with Gasteiger partial charge in [-0.25, -0.2) is 4.79 Å². The standard InChI is InChI=1S/C20H22N4O/c1-15-4-2-5-16(14-15)22-20(25)24-12-10-23(11-13-24)19-7-3-6-18-17(19)8-9-21-18/h2-9,14,21H,10-13H2,1H3,(H,22,25). The maximum Gasteiger partial charge on any atom is 0.321 e. The predicted molar refractivity (Wildman–Crippen MR) is 102 cm³/mol. The van der Waals surface area contributed by atoms with Gasteiger partial charge in [0.15, 0.2) is 0 Å². The van der Waals surface area contributed by atoms with Gasteiger partial charge in [0.1, 0.15) is 0 Å². The number of anilines is 2. The molecule has 0 atom stereocenters. The molecule has 1 fully saturated rings. The average Bonchev–Trinajstić information content (AvgIpc) is 3.10. The van der Waals surface area contributed by atoms with Gasteiger partial charge in [0.05, 0.1) is 0 Å². The van der Waals surface area contributed by atoms with Crippen LogP contribution in [0.3, 0.4) is 0 Å². The Morgan fingerprint density at radius 1 is 1.04 bits per heavy atom. The number of piperazine rings is 1. The first kappa shape index (κ1) is 15.6. The highest BCUT2D eigenvalue weighted by atomic mass is 16.2. The summed E-state index contributed by atoms with van der Waals surface area (Å²) in [6, 6.07) is 16.3. The van der Waals surface area contributed by atoms with Crippen LogP contribution in [0.15, 0.2) is 54.7 Å². The van der Waals surface area contributed by atoms with Gasteiger partial charge in [0, 0.05) is 54.7 Å². The van der Waals surface area contributed by atoms with Gasteiger partial charge in [-0.3, -0.25) is 0 Å². The number of benzene rings is 2. The maximum absolute atomic E-state index is 12.5. The molecule has 2 amide bonds. The van der Waals surface area contributed by atoms with Crippen molar-refractivity contribution in [2.45, 2.75) is 6.92 Å². The van der Waals surface area contributed by atoms with E-state index in [2.05, 4.69) is 39.5 Å². The third kappa shape index (κ3) is 3.18. The van der Waals surface area contributed by atoms with Crippen LogP contribution in [0.2, 0.25) is 0 Å². The fourth-order valence-corrected chi connectivity index (χ4v) is 3.42. The van der Waals surface area contributed by atoms with Gasteiger partial charge in [-0.2, -0.15) is 0 Å². The molecule has 5 nitrogen and oxygen atoms in total. The van der Waals surface area contributed by atoms with Crippen molar-refractivity contribution >= 4 is 28.3 Å². The molecule has 1 aliphatic heterocycles. The number of nitrogens with zero attached hydrogens (tertiary/aromatic N) is 2. The summed E-state index contributed by atoms with van der Waals surface area (Å²) in [5.41, 5.74) is 4.38. The normalized spacial score (nSPS) is 14.8. The number of aryl methyl sites for hydroxylation is 1. The Balaban J connectivity index is 1.41. The second-order valence-corrected chi connectivity index (χ2v) is 6.49. The molecule has 0 radical (unpaired) electrons. The topological polar surface area (TPSA) is 51.4 Å². The zero-order valence-corrected chi connectivity index (χ0v) is 14.3. The van der Waals surface area contributed by atoms with Gasteiger partial charge in [0.25, 0.3) is 0 Å². The number of hydrogen-bond donors (Lipinski definition) is 2. The van der Waals surface area contributed by atoms with Crippen LogP contribution in [0.25, 0.3) is 10.9 Å². The quantitative estimate of drug-likeness (QED) is 0.748. The van der Waals surface area contributed by atoms with Crippen LogP contribution in [0.1, 0.15) is 5.56 Å². The summed E-state index contributed by atoms with van der Waals surface area (Å²) in [4.78, 5) is 20.0. The highest BCUT2D eigenvalue weighted by molar-refractivity contribution is 5.93. The van der Waals surface area contributed by atoms with Crippen LogP contribution in [-0.2, 0) is 0 Å². The van der Waals surface area contributed by atoms with E-state index in [-0.39, 0.29) is 6.03 Å². The van der Waals surface area contributed by atoms with Gasteiger partial charge in [0.2, 0.25) is 0 Å². The van der Waals surface area contributed by atoms with Crippen LogP contribution >= 0.6 is 0 Å². The summed E-state index contributed by atoms with van der Waals surface area (Å²) in [6.07, 6.45) is 1.97. The molecule has 1 saturated heterocycles. The molecule has 0 spiro atoms. The van der Waals surface area contributed by atoms with E-state index in [1.54, 1.807) is 0 Å². The molecule has 2 heterocycles. The number of carbonyl (C=O) groups is 1. The highest BCUT2D eigenvalue weighted by Crippen LogP contribution is 2.27. The summed E-state index contributed by atoms with van der Waals surface area (Å²) in [7, 11) is 0. The van der Waals surface area contributed by atoms with Crippen LogP contribution in [0.5, 0.6) is 0 Å². The van der Waals surface area contributed by atoms with Gasteiger partial charge in [-0.1, -0.05) is 18.2 Å². The monoisotopic (exact) mass is 334 g/mol. The number of rotatable bonds is 2. The molecule has 0 aliphatic carbocycles. The number of amides is 2. The Morgan fingerprint density at radius 3 is 2.64 bits per heavy atom. The van der Waals surface area contributed by atoms with E-state index in [0.29, 0.717) is 0 Å². The Hall–Kier alpha value is -2.95. The van der Waals surface area contributed by atoms with Crippen molar-refractivity contribution < 1.29 is 4.79 Å². The minimum Gasteiger partial charge on any atom is -0.367 e. The molecule has 128 valence electrons. The lowest BCUT2D eigenvalue weighted by atomic mass is 10.2. The van der Waals surface area contributed by atoms with E-state index < -0.39 is 0 Å². The van der Waals surface area contributed by atoms with Crippen molar-refractivity contribution in [1.82, 2.24) is 9.88 Å². The van der Waals surface area contributed by atoms with Gasteiger partial charge in [-0.15, -0.1) is 0 Å². The molecular formula is C20H22N4O. The lowest BCUT2D eigenvalue weighted by Crippen LogP contribution is -2.50. The number of fused-ring (bicyclic) bond motifs is 1. The molecule has 0 saturated carbocycles. The third-order valence-corrected chi connectivity index (χ3v) is 4.75. The van der Waals surface area contributed by atoms with Gasteiger partial charge in [-0.05, 0) is 42.8 Å². The third-order valence-electron chi connectivity index (χ3n) is 4.75. The maximum atomic E-state index is 12.5. The molecule has 0 bridgehead atoms. The SMILES string of the molecule is Cc1cccc(NC(=O)N2CCN(c3cccc4[nH]ccc34)CC2)c1. The molecular weight excluding hydrogens is 312 g/mol. The van der Waals surface area contributed by atoms with Gasteiger partial charge < -0.3 is 20.1 Å². The first-order chi connectivity index (χ1) is 12.2. The predicted octanol–water partition coefficient (Wildman–Crippen LogP) is 3.83. The number of nitrogens with one attached hydrogen (secondary N) is 2. The largest absolute Gasteiger partial charge is 0.367 e. The second-order valence-electron chi connectivity index (χ2n) is 6.49. The lowest BCUT2D eigenvalue weighted by Gasteiger charge is -2.36. The van der Waals surface area contributed by atoms with E-state index in [1.165, 1.54) is 11.1 Å². The van der Waals surface area contributed by atoms with Crippen LogP contribution in [-0.4, -0.2) is 42.1 Å². The summed E-state index contributed by atoms with van der Waals surface area (Å²) in [5.74, 6) is 0. The van der Waals surface area contributed by atoms with Crippen molar-refractivity contribution in [3.05, 3.63) is 60.3 Å². The van der Waals surface area contributed by atoms with Crippen LogP contribution in [0.4, 0.5) is 16.2 Å². The fraction of sp³-hybridized carbons (Fsp3) is 0.250. The number of aromatic nitrogens is 1. The fourth-order valence-electron chi connectivity index (χ4n) is 3.42. The second kappa shape index (κ2) is 6.51. The number of H-pyrrole nitrogens is 1. The summed E-state index contributed by atoms with van der Waals surface area (Å²) >= 11 is 0. The summed E-state index contributed by atoms with van der Waals surface area (Å²) in [5, 5.41) is 4.23. The summed E-state index contributed by atoms with van der Waals surface area (Å²) in [6.45, 7) is 5.14. The van der Waals surface area contributed by atoms with Crippen molar-refractivity contribution in [3.63, 3.8) is 0 Å². The van der Waals surface area contributed by atoms with E-state index in [9.17, 15) is 4.79 Å². The van der Waals surface area contributed by atoms with Crippen molar-refractivity contribution in [2.75, 3.05) is 36.4 Å². The Kier molecular flexibility index (Phi) is 4.06. The minimum atomic E-state index is -0.0231. The average molecular weight is 334 g/mol. The number of hydrogen-bond acceptors (Lipinski definition) is 2. The smallest absolute Gasteiger partial charge is 0.321 e. The molecule has 3 aromatic rings. The van der Waals surface area contributed by atoms with Crippen LogP contribution in [0, 0.1) is 6.92 Å². The first-order valence-corrected chi connectivity index (χ1v) is 8.64. The molecule has 0 unspecified atom stereocenters. The van der Waals surface area contributed by atoms with Crippen molar-refractivity contribution in [1.29, 1.82) is 0 Å². The van der Waals surface area contributed by atoms with Crippen LogP contribution < -0.4 is 10.2 Å². The highest BCUT2D eigenvalue weighted by Gasteiger charge is 2.22. The van der Waals surface area contributed by atoms with Crippen molar-refractivity contribution in [2.24, 2.45) is 0 Å². The summed E-state index contributed by atoms with van der Waals surface area (Å²) < 4.78 is 0. The Labute approximate surface area is 147 Å². The number of aromatic amines is 1. The van der Waals surface area contributed by atoms with Gasteiger partial charge >= 0.3 is 6.03 Å². The van der Waals surface area contributed by atoms with E-state index >= 15 is 0 Å². The van der Waals surface area contributed by atoms with Crippen molar-refractivity contribution in [3.8, 4) is 0 Å². The Bertz CT molecular complexity index is 893. The zero-order valence-electron chi connectivity index (χ0n) is 14.3. The van der Waals surface area contributed by atoms with E-state index in [0.717, 1.165) is 42.9 Å². The van der Waals surface area contributed by atoms with E-state index in [4.69, 9.17) is 0 Å². The minimum absolute atomic E-state index is 0.0231. The Morgan fingerprint density at radius 2 is 1.84 bits per heavy atom. The molecule has 25 heavy (non-hydrogen) atoms. The zero-order chi connectivity index (χ0) is 17.2. The molecule has 1 aromatic heterocycles. The lowest BCUT2D eigenvalue weighted by molar-refractivity contribution is 0.208. The molecule has 1 aliphatic rings. The molecule has 5 heteroatoms. The number of urea groups is 1. The molecule has 2 aromatic carbocycles. The first-order valence-electron chi connectivity index (χ1n) is 8.64. The van der Waals surface area contributed by atoms with E-state index in [1.807, 2.05) is 42.3 Å². The number of carbonyl (C=O) groups excluding carboxylic acids is 1. The molecule has 2 N–H and O–H groups in total. The molecule has 4 rings (SSSR count).